The molecule has 0 bridgehead atoms. The third kappa shape index (κ3) is 3.83. The smallest absolute Gasteiger partial charge is 0.269 e. The molecule has 0 spiro atoms. The third-order valence-electron chi connectivity index (χ3n) is 5.23. The molecule has 2 saturated heterocycles. The molecule has 2 amide bonds. The van der Waals surface area contributed by atoms with Crippen molar-refractivity contribution >= 4 is 11.8 Å². The normalized spacial score (nSPS) is 28.3. The van der Waals surface area contributed by atoms with Crippen LogP contribution >= 0.6 is 0 Å². The number of aliphatic hydroxyl groups excluding tert-OH is 1. The topological polar surface area (TPSA) is 122 Å². The van der Waals surface area contributed by atoms with Crippen LogP contribution in [0.1, 0.15) is 30.3 Å². The van der Waals surface area contributed by atoms with E-state index < -0.39 is 11.7 Å². The van der Waals surface area contributed by atoms with E-state index in [0.29, 0.717) is 31.9 Å². The first-order chi connectivity index (χ1) is 11.9. The monoisotopic (exact) mass is 351 g/mol. The molecule has 138 valence electrons. The number of carbonyl (C=O) groups excluding carboxylic acids is 2. The van der Waals surface area contributed by atoms with E-state index in [1.165, 1.54) is 12.5 Å². The van der Waals surface area contributed by atoms with Gasteiger partial charge >= 0.3 is 0 Å². The van der Waals surface area contributed by atoms with E-state index in [1.54, 1.807) is 6.92 Å². The first kappa shape index (κ1) is 17.8. The molecule has 0 aromatic carbocycles. The Hall–Kier alpha value is -1.97. The minimum absolute atomic E-state index is 0.0329. The average Bonchev–Trinajstić information content (AvgIpc) is 3.22. The molecule has 3 rings (SSSR count). The van der Waals surface area contributed by atoms with Crippen molar-refractivity contribution in [3.63, 3.8) is 0 Å². The number of nitrogens with zero attached hydrogens (tertiary/aromatic N) is 3. The zero-order valence-electron chi connectivity index (χ0n) is 14.3. The van der Waals surface area contributed by atoms with Gasteiger partial charge in [-0.1, -0.05) is 0 Å². The SMILES string of the molecule is CC(=O)N1CCC(N2C[C@@H](O)[C@](O)(CNC(=O)c3cnc[nH]3)C2)CC1. The van der Waals surface area contributed by atoms with E-state index in [0.717, 1.165) is 12.8 Å². The van der Waals surface area contributed by atoms with Gasteiger partial charge in [0.25, 0.3) is 5.91 Å². The second kappa shape index (κ2) is 7.11. The first-order valence-electron chi connectivity index (χ1n) is 8.55. The highest BCUT2D eigenvalue weighted by Gasteiger charge is 2.46. The molecule has 0 unspecified atom stereocenters. The Morgan fingerprint density at radius 1 is 1.44 bits per heavy atom. The van der Waals surface area contributed by atoms with Gasteiger partial charge in [0.05, 0.1) is 25.2 Å². The van der Waals surface area contributed by atoms with Crippen molar-refractivity contribution in [2.75, 3.05) is 32.7 Å². The molecule has 2 fully saturated rings. The van der Waals surface area contributed by atoms with E-state index in [9.17, 15) is 19.8 Å². The highest BCUT2D eigenvalue weighted by Crippen LogP contribution is 2.27. The van der Waals surface area contributed by atoms with Crippen LogP contribution in [0.2, 0.25) is 0 Å². The van der Waals surface area contributed by atoms with Crippen LogP contribution in [0, 0.1) is 0 Å². The molecule has 1 aromatic heterocycles. The van der Waals surface area contributed by atoms with E-state index in [1.807, 2.05) is 4.90 Å². The summed E-state index contributed by atoms with van der Waals surface area (Å²) in [5.74, 6) is -0.288. The molecule has 0 radical (unpaired) electrons. The number of hydrogen-bond acceptors (Lipinski definition) is 6. The van der Waals surface area contributed by atoms with Crippen molar-refractivity contribution < 1.29 is 19.8 Å². The fraction of sp³-hybridized carbons (Fsp3) is 0.688. The van der Waals surface area contributed by atoms with Crippen molar-refractivity contribution in [2.45, 2.75) is 37.5 Å². The second-order valence-corrected chi connectivity index (χ2v) is 6.93. The molecule has 9 heteroatoms. The molecule has 1 aromatic rings. The Morgan fingerprint density at radius 2 is 2.16 bits per heavy atom. The third-order valence-corrected chi connectivity index (χ3v) is 5.23. The largest absolute Gasteiger partial charge is 0.389 e. The minimum atomic E-state index is -1.38. The predicted octanol–water partition coefficient (Wildman–Crippen LogP) is -1.44. The Balaban J connectivity index is 1.53. The number of amides is 2. The van der Waals surface area contributed by atoms with Gasteiger partial charge in [0.1, 0.15) is 11.3 Å². The van der Waals surface area contributed by atoms with Gasteiger partial charge in [0, 0.05) is 39.1 Å². The van der Waals surface area contributed by atoms with Crippen LogP contribution in [0.25, 0.3) is 0 Å². The lowest BCUT2D eigenvalue weighted by Gasteiger charge is -2.36. The Kier molecular flexibility index (Phi) is 5.07. The summed E-state index contributed by atoms with van der Waals surface area (Å²) < 4.78 is 0. The molecule has 9 nitrogen and oxygen atoms in total. The number of H-pyrrole nitrogens is 1. The number of β-amino-alcohol motifs (C(OH)–C–C–N with tert-alkyl or cyclic N) is 2. The van der Waals surface area contributed by atoms with E-state index in [2.05, 4.69) is 20.2 Å². The van der Waals surface area contributed by atoms with Crippen molar-refractivity contribution in [3.8, 4) is 0 Å². The van der Waals surface area contributed by atoms with Gasteiger partial charge in [0.2, 0.25) is 5.91 Å². The summed E-state index contributed by atoms with van der Waals surface area (Å²) in [6, 6.07) is 0.225. The van der Waals surface area contributed by atoms with Crippen LogP contribution in [0.4, 0.5) is 0 Å². The molecule has 0 saturated carbocycles. The van der Waals surface area contributed by atoms with Gasteiger partial charge in [-0.2, -0.15) is 0 Å². The lowest BCUT2D eigenvalue weighted by atomic mass is 10.00. The van der Waals surface area contributed by atoms with Crippen LogP contribution in [0.5, 0.6) is 0 Å². The molecule has 4 N–H and O–H groups in total. The highest BCUT2D eigenvalue weighted by molar-refractivity contribution is 5.92. The number of likely N-dealkylation sites (tertiary alicyclic amines) is 2. The predicted molar refractivity (Wildman–Crippen MR) is 88.7 cm³/mol. The summed E-state index contributed by atoms with van der Waals surface area (Å²) in [4.78, 5) is 33.7. The van der Waals surface area contributed by atoms with Crippen molar-refractivity contribution in [2.24, 2.45) is 0 Å². The van der Waals surface area contributed by atoms with E-state index in [-0.39, 0.29) is 24.4 Å². The number of piperidine rings is 1. The number of aromatic nitrogens is 2. The number of rotatable bonds is 4. The molecule has 2 aliphatic rings. The van der Waals surface area contributed by atoms with Gasteiger partial charge in [-0.15, -0.1) is 0 Å². The zero-order valence-corrected chi connectivity index (χ0v) is 14.3. The standard InChI is InChI=1S/C16H25N5O4/c1-11(22)20-4-2-12(3-5-20)21-7-14(23)16(25,9-21)8-18-15(24)13-6-17-10-19-13/h6,10,12,14,23,25H,2-5,7-9H2,1H3,(H,17,19)(H,18,24)/t14-,16+/m1/s1. The highest BCUT2D eigenvalue weighted by atomic mass is 16.3. The maximum Gasteiger partial charge on any atom is 0.269 e. The summed E-state index contributed by atoms with van der Waals surface area (Å²) in [6.07, 6.45) is 3.52. The number of aliphatic hydroxyl groups is 2. The molecule has 2 aliphatic heterocycles. The van der Waals surface area contributed by atoms with Crippen molar-refractivity contribution in [1.29, 1.82) is 0 Å². The van der Waals surface area contributed by atoms with Gasteiger partial charge in [-0.25, -0.2) is 4.98 Å². The van der Waals surface area contributed by atoms with Crippen LogP contribution in [0.3, 0.4) is 0 Å². The molecule has 3 heterocycles. The van der Waals surface area contributed by atoms with Gasteiger partial charge < -0.3 is 25.4 Å². The maximum absolute atomic E-state index is 12.0. The minimum Gasteiger partial charge on any atom is -0.389 e. The number of carbonyl (C=O) groups is 2. The fourth-order valence-corrected chi connectivity index (χ4v) is 3.62. The summed E-state index contributed by atoms with van der Waals surface area (Å²) in [7, 11) is 0. The van der Waals surface area contributed by atoms with Crippen LogP contribution in [-0.2, 0) is 4.79 Å². The summed E-state index contributed by atoms with van der Waals surface area (Å²) in [5, 5.41) is 23.7. The average molecular weight is 351 g/mol. The van der Waals surface area contributed by atoms with Gasteiger partial charge in [-0.05, 0) is 12.8 Å². The number of imidazole rings is 1. The summed E-state index contributed by atoms with van der Waals surface area (Å²) in [5.41, 5.74) is -1.07. The Labute approximate surface area is 146 Å². The Morgan fingerprint density at radius 3 is 2.76 bits per heavy atom. The van der Waals surface area contributed by atoms with Crippen molar-refractivity contribution in [1.82, 2.24) is 25.1 Å². The van der Waals surface area contributed by atoms with Crippen LogP contribution in [-0.4, -0.2) is 92.3 Å². The van der Waals surface area contributed by atoms with Gasteiger partial charge in [-0.3, -0.25) is 14.5 Å². The summed E-state index contributed by atoms with van der Waals surface area (Å²) >= 11 is 0. The zero-order chi connectivity index (χ0) is 18.0. The first-order valence-corrected chi connectivity index (χ1v) is 8.55. The lowest BCUT2D eigenvalue weighted by molar-refractivity contribution is -0.130. The summed E-state index contributed by atoms with van der Waals surface area (Å²) in [6.45, 7) is 3.59. The number of aromatic amines is 1. The Bertz CT molecular complexity index is 614. The van der Waals surface area contributed by atoms with Crippen LogP contribution < -0.4 is 5.32 Å². The molecular formula is C16H25N5O4. The maximum atomic E-state index is 12.0. The number of hydrogen-bond donors (Lipinski definition) is 4. The quantitative estimate of drug-likeness (QED) is 0.527. The molecule has 25 heavy (non-hydrogen) atoms. The van der Waals surface area contributed by atoms with Crippen molar-refractivity contribution in [3.05, 3.63) is 18.2 Å². The molecule has 0 aliphatic carbocycles. The fourth-order valence-electron chi connectivity index (χ4n) is 3.62. The van der Waals surface area contributed by atoms with E-state index in [4.69, 9.17) is 0 Å². The number of nitrogens with one attached hydrogen (secondary N) is 2. The molecule has 2 atom stereocenters. The van der Waals surface area contributed by atoms with Crippen LogP contribution in [0.15, 0.2) is 12.5 Å². The van der Waals surface area contributed by atoms with E-state index >= 15 is 0 Å². The lowest BCUT2D eigenvalue weighted by Crippen LogP contribution is -2.52. The molecular weight excluding hydrogens is 326 g/mol. The van der Waals surface area contributed by atoms with Gasteiger partial charge in [0.15, 0.2) is 0 Å². The second-order valence-electron chi connectivity index (χ2n) is 6.93.